The van der Waals surface area contributed by atoms with E-state index in [0.717, 1.165) is 10.7 Å². The van der Waals surface area contributed by atoms with Gasteiger partial charge in [-0.05, 0) is 0 Å². The van der Waals surface area contributed by atoms with Crippen molar-refractivity contribution in [2.45, 2.75) is 32.7 Å². The minimum absolute atomic E-state index is 0.0709. The largest absolute Gasteiger partial charge is 0.309 e. The smallest absolute Gasteiger partial charge is 0.148 e. The van der Waals surface area contributed by atoms with Gasteiger partial charge in [0.2, 0.25) is 0 Å². The van der Waals surface area contributed by atoms with E-state index in [1.807, 2.05) is 0 Å². The Labute approximate surface area is 107 Å². The molecule has 0 amide bonds. The monoisotopic (exact) mass is 276 g/mol. The van der Waals surface area contributed by atoms with Crippen LogP contribution in [-0.4, -0.2) is 32.0 Å². The lowest BCUT2D eigenvalue weighted by Crippen LogP contribution is -2.22. The molecule has 0 aliphatic rings. The fourth-order valence-corrected chi connectivity index (χ4v) is 2.69. The SMILES string of the molecule is CC(C)(C)c1csc(CNCCS(C)(=O)=O)n1. The first-order valence-corrected chi connectivity index (χ1v) is 8.46. The third-order valence-corrected chi connectivity index (χ3v) is 4.04. The lowest BCUT2D eigenvalue weighted by Gasteiger charge is -2.14. The second-order valence-electron chi connectivity index (χ2n) is 5.18. The molecule has 1 aromatic heterocycles. The Morgan fingerprint density at radius 2 is 2.06 bits per heavy atom. The Hall–Kier alpha value is -0.460. The first-order valence-electron chi connectivity index (χ1n) is 5.52. The summed E-state index contributed by atoms with van der Waals surface area (Å²) in [6.45, 7) is 7.49. The maximum atomic E-state index is 10.9. The molecular formula is C11H20N2O2S2. The first-order chi connectivity index (χ1) is 7.68. The van der Waals surface area contributed by atoms with Crippen LogP contribution in [0.1, 0.15) is 31.5 Å². The highest BCUT2D eigenvalue weighted by atomic mass is 32.2. The second-order valence-corrected chi connectivity index (χ2v) is 8.39. The molecule has 0 saturated carbocycles. The fourth-order valence-electron chi connectivity index (χ4n) is 1.19. The van der Waals surface area contributed by atoms with Gasteiger partial charge in [-0.2, -0.15) is 0 Å². The Morgan fingerprint density at radius 1 is 1.41 bits per heavy atom. The molecule has 0 unspecified atom stereocenters. The van der Waals surface area contributed by atoms with Gasteiger partial charge in [0.15, 0.2) is 0 Å². The van der Waals surface area contributed by atoms with Gasteiger partial charge in [0.1, 0.15) is 14.8 Å². The summed E-state index contributed by atoms with van der Waals surface area (Å²) in [5.74, 6) is 0.171. The summed E-state index contributed by atoms with van der Waals surface area (Å²) in [6, 6.07) is 0. The Bertz CT molecular complexity index is 458. The Kier molecular flexibility index (Phi) is 4.69. The predicted octanol–water partition coefficient (Wildman–Crippen LogP) is 1.57. The van der Waals surface area contributed by atoms with Crippen molar-refractivity contribution in [2.24, 2.45) is 0 Å². The van der Waals surface area contributed by atoms with Crippen molar-refractivity contribution in [3.05, 3.63) is 16.1 Å². The molecule has 4 nitrogen and oxygen atoms in total. The van der Waals surface area contributed by atoms with E-state index in [2.05, 4.69) is 36.5 Å². The predicted molar refractivity (Wildman–Crippen MR) is 72.2 cm³/mol. The van der Waals surface area contributed by atoms with Crippen LogP contribution >= 0.6 is 11.3 Å². The Morgan fingerprint density at radius 3 is 2.53 bits per heavy atom. The molecular weight excluding hydrogens is 256 g/mol. The van der Waals surface area contributed by atoms with E-state index in [1.165, 1.54) is 6.26 Å². The fraction of sp³-hybridized carbons (Fsp3) is 0.727. The number of hydrogen-bond acceptors (Lipinski definition) is 5. The van der Waals surface area contributed by atoms with Crippen LogP contribution in [0.2, 0.25) is 0 Å². The summed E-state index contributed by atoms with van der Waals surface area (Å²) in [5.41, 5.74) is 1.16. The van der Waals surface area contributed by atoms with Crippen LogP contribution in [0.5, 0.6) is 0 Å². The van der Waals surface area contributed by atoms with Crippen LogP contribution in [0.25, 0.3) is 0 Å². The van der Waals surface area contributed by atoms with E-state index in [4.69, 9.17) is 0 Å². The van der Waals surface area contributed by atoms with E-state index in [0.29, 0.717) is 13.1 Å². The van der Waals surface area contributed by atoms with E-state index in [9.17, 15) is 8.42 Å². The Balaban J connectivity index is 2.41. The molecule has 0 spiro atoms. The number of nitrogens with one attached hydrogen (secondary N) is 1. The number of hydrogen-bond donors (Lipinski definition) is 1. The molecule has 0 aliphatic heterocycles. The van der Waals surface area contributed by atoms with Crippen LogP contribution < -0.4 is 5.32 Å². The zero-order chi connectivity index (χ0) is 13.1. The summed E-state index contributed by atoms with van der Waals surface area (Å²) in [7, 11) is -2.88. The van der Waals surface area contributed by atoms with Gasteiger partial charge in [-0.25, -0.2) is 13.4 Å². The van der Waals surface area contributed by atoms with Crippen LogP contribution in [0.4, 0.5) is 0 Å². The van der Waals surface area contributed by atoms with E-state index >= 15 is 0 Å². The van der Waals surface area contributed by atoms with Gasteiger partial charge in [0.05, 0.1) is 11.4 Å². The van der Waals surface area contributed by atoms with Crippen molar-refractivity contribution in [2.75, 3.05) is 18.6 Å². The molecule has 17 heavy (non-hydrogen) atoms. The van der Waals surface area contributed by atoms with Crippen molar-refractivity contribution < 1.29 is 8.42 Å². The highest BCUT2D eigenvalue weighted by Gasteiger charge is 2.17. The average Bonchev–Trinajstić information content (AvgIpc) is 2.58. The molecule has 0 aromatic carbocycles. The third-order valence-electron chi connectivity index (χ3n) is 2.25. The van der Waals surface area contributed by atoms with Gasteiger partial charge < -0.3 is 5.32 Å². The zero-order valence-corrected chi connectivity index (χ0v) is 12.4. The van der Waals surface area contributed by atoms with E-state index < -0.39 is 9.84 Å². The number of sulfone groups is 1. The van der Waals surface area contributed by atoms with Crippen molar-refractivity contribution in [1.29, 1.82) is 0 Å². The molecule has 1 heterocycles. The van der Waals surface area contributed by atoms with Crippen LogP contribution in [0.3, 0.4) is 0 Å². The lowest BCUT2D eigenvalue weighted by molar-refractivity contribution is 0.568. The molecule has 0 radical (unpaired) electrons. The zero-order valence-electron chi connectivity index (χ0n) is 10.8. The van der Waals surface area contributed by atoms with Gasteiger partial charge in [-0.3, -0.25) is 0 Å². The molecule has 0 fully saturated rings. The number of rotatable bonds is 5. The summed E-state index contributed by atoms with van der Waals surface area (Å²) in [5, 5.41) is 6.16. The van der Waals surface area contributed by atoms with E-state index in [1.54, 1.807) is 11.3 Å². The van der Waals surface area contributed by atoms with Gasteiger partial charge in [0, 0.05) is 30.1 Å². The van der Waals surface area contributed by atoms with Crippen LogP contribution in [0.15, 0.2) is 5.38 Å². The first kappa shape index (κ1) is 14.6. The van der Waals surface area contributed by atoms with Gasteiger partial charge in [-0.1, -0.05) is 20.8 Å². The van der Waals surface area contributed by atoms with Crippen molar-refractivity contribution in [1.82, 2.24) is 10.3 Å². The van der Waals surface area contributed by atoms with Crippen molar-refractivity contribution in [3.8, 4) is 0 Å². The summed E-state index contributed by atoms with van der Waals surface area (Å²) < 4.78 is 21.9. The lowest BCUT2D eigenvalue weighted by atomic mass is 9.93. The average molecular weight is 276 g/mol. The molecule has 0 saturated heterocycles. The molecule has 1 rings (SSSR count). The molecule has 6 heteroatoms. The highest BCUT2D eigenvalue weighted by Crippen LogP contribution is 2.23. The number of thiazole rings is 1. The number of aromatic nitrogens is 1. The van der Waals surface area contributed by atoms with Crippen molar-refractivity contribution >= 4 is 21.2 Å². The summed E-state index contributed by atoms with van der Waals surface area (Å²) >= 11 is 1.61. The third kappa shape index (κ3) is 5.61. The molecule has 0 bridgehead atoms. The topological polar surface area (TPSA) is 59.1 Å². The summed E-state index contributed by atoms with van der Waals surface area (Å²) in [6.07, 6.45) is 1.25. The normalized spacial score (nSPS) is 12.9. The molecule has 98 valence electrons. The molecule has 0 atom stereocenters. The maximum absolute atomic E-state index is 10.9. The second kappa shape index (κ2) is 5.46. The highest BCUT2D eigenvalue weighted by molar-refractivity contribution is 7.90. The minimum Gasteiger partial charge on any atom is -0.309 e. The molecule has 0 aliphatic carbocycles. The quantitative estimate of drug-likeness (QED) is 0.830. The van der Waals surface area contributed by atoms with Gasteiger partial charge in [0.25, 0.3) is 0 Å². The minimum atomic E-state index is -2.88. The van der Waals surface area contributed by atoms with Crippen LogP contribution in [-0.2, 0) is 21.8 Å². The van der Waals surface area contributed by atoms with Gasteiger partial charge >= 0.3 is 0 Å². The molecule has 1 aromatic rings. The van der Waals surface area contributed by atoms with Crippen LogP contribution in [0, 0.1) is 0 Å². The molecule has 1 N–H and O–H groups in total. The van der Waals surface area contributed by atoms with Crippen molar-refractivity contribution in [3.63, 3.8) is 0 Å². The number of nitrogens with zero attached hydrogens (tertiary/aromatic N) is 1. The maximum Gasteiger partial charge on any atom is 0.148 e. The van der Waals surface area contributed by atoms with Gasteiger partial charge in [-0.15, -0.1) is 11.3 Å². The standard InChI is InChI=1S/C11H20N2O2S2/c1-11(2,3)9-8-16-10(13-9)7-12-5-6-17(4,14)15/h8,12H,5-7H2,1-4H3. The summed E-state index contributed by atoms with van der Waals surface area (Å²) in [4.78, 5) is 4.52. The van der Waals surface area contributed by atoms with E-state index in [-0.39, 0.29) is 11.2 Å².